The van der Waals surface area contributed by atoms with Gasteiger partial charge < -0.3 is 10.1 Å². The van der Waals surface area contributed by atoms with Crippen molar-refractivity contribution in [3.8, 4) is 0 Å². The third-order valence-electron chi connectivity index (χ3n) is 2.80. The SMILES string of the molecule is CCCCC(CC)Cn1ccc([N+](=O)[O-])n1. The fraction of sp³-hybridized carbons (Fsp3) is 0.727. The van der Waals surface area contributed by atoms with Gasteiger partial charge in [0, 0.05) is 0 Å². The fourth-order valence-electron chi connectivity index (χ4n) is 1.73. The van der Waals surface area contributed by atoms with Gasteiger partial charge >= 0.3 is 5.82 Å². The lowest BCUT2D eigenvalue weighted by molar-refractivity contribution is -0.389. The quantitative estimate of drug-likeness (QED) is 0.529. The van der Waals surface area contributed by atoms with Crippen LogP contribution in [0.25, 0.3) is 0 Å². The van der Waals surface area contributed by atoms with Gasteiger partial charge in [-0.1, -0.05) is 33.1 Å². The highest BCUT2D eigenvalue weighted by molar-refractivity contribution is 5.13. The highest BCUT2D eigenvalue weighted by Gasteiger charge is 2.14. The molecular weight excluding hydrogens is 206 g/mol. The van der Waals surface area contributed by atoms with Crippen molar-refractivity contribution in [3.63, 3.8) is 0 Å². The zero-order valence-electron chi connectivity index (χ0n) is 9.93. The van der Waals surface area contributed by atoms with Gasteiger partial charge in [0.15, 0.2) is 0 Å². The number of aromatic nitrogens is 2. The molecule has 16 heavy (non-hydrogen) atoms. The summed E-state index contributed by atoms with van der Waals surface area (Å²) in [5.74, 6) is 0.504. The van der Waals surface area contributed by atoms with E-state index < -0.39 is 4.92 Å². The average molecular weight is 225 g/mol. The Hall–Kier alpha value is -1.39. The van der Waals surface area contributed by atoms with Crippen LogP contribution in [0.1, 0.15) is 39.5 Å². The predicted octanol–water partition coefficient (Wildman–Crippen LogP) is 3.01. The predicted molar refractivity (Wildman–Crippen MR) is 62.2 cm³/mol. The van der Waals surface area contributed by atoms with Crippen molar-refractivity contribution in [2.24, 2.45) is 5.92 Å². The molecule has 0 aliphatic carbocycles. The summed E-state index contributed by atoms with van der Waals surface area (Å²) in [7, 11) is 0. The van der Waals surface area contributed by atoms with Gasteiger partial charge in [-0.2, -0.15) is 4.68 Å². The van der Waals surface area contributed by atoms with Crippen LogP contribution < -0.4 is 0 Å². The van der Waals surface area contributed by atoms with E-state index in [1.165, 1.54) is 25.3 Å². The maximum absolute atomic E-state index is 10.5. The lowest BCUT2D eigenvalue weighted by Crippen LogP contribution is -2.10. The van der Waals surface area contributed by atoms with Crippen molar-refractivity contribution in [1.82, 2.24) is 9.78 Å². The second-order valence-electron chi connectivity index (χ2n) is 4.07. The van der Waals surface area contributed by atoms with Gasteiger partial charge in [-0.15, -0.1) is 0 Å². The molecular formula is C11H19N3O2. The van der Waals surface area contributed by atoms with E-state index in [2.05, 4.69) is 18.9 Å². The van der Waals surface area contributed by atoms with Crippen LogP contribution in [-0.4, -0.2) is 14.7 Å². The Morgan fingerprint density at radius 3 is 2.81 bits per heavy atom. The number of hydrogen-bond acceptors (Lipinski definition) is 3. The molecule has 1 aromatic rings. The topological polar surface area (TPSA) is 61.0 Å². The minimum absolute atomic E-state index is 0.0645. The van der Waals surface area contributed by atoms with Crippen molar-refractivity contribution in [1.29, 1.82) is 0 Å². The van der Waals surface area contributed by atoms with Gasteiger partial charge in [0.05, 0.1) is 23.9 Å². The van der Waals surface area contributed by atoms with Crippen LogP contribution in [0.5, 0.6) is 0 Å². The molecule has 0 radical (unpaired) electrons. The lowest BCUT2D eigenvalue weighted by atomic mass is 10.00. The summed E-state index contributed by atoms with van der Waals surface area (Å²) in [6.45, 7) is 5.11. The Kier molecular flexibility index (Phi) is 4.95. The first-order valence-corrected chi connectivity index (χ1v) is 5.85. The van der Waals surface area contributed by atoms with Crippen LogP contribution in [0.15, 0.2) is 12.3 Å². The number of rotatable bonds is 7. The third-order valence-corrected chi connectivity index (χ3v) is 2.80. The van der Waals surface area contributed by atoms with Crippen LogP contribution >= 0.6 is 0 Å². The summed E-state index contributed by atoms with van der Waals surface area (Å²) in [6.07, 6.45) is 6.35. The molecule has 0 saturated heterocycles. The zero-order chi connectivity index (χ0) is 12.0. The Labute approximate surface area is 95.6 Å². The molecule has 1 aromatic heterocycles. The number of hydrogen-bond donors (Lipinski definition) is 0. The van der Waals surface area contributed by atoms with Gasteiger partial charge in [-0.05, 0) is 17.3 Å². The average Bonchev–Trinajstić information content (AvgIpc) is 2.72. The highest BCUT2D eigenvalue weighted by Crippen LogP contribution is 2.15. The molecule has 1 rings (SSSR count). The summed E-state index contributed by atoms with van der Waals surface area (Å²) < 4.78 is 1.68. The van der Waals surface area contributed by atoms with E-state index in [1.54, 1.807) is 10.9 Å². The van der Waals surface area contributed by atoms with Crippen molar-refractivity contribution in [3.05, 3.63) is 22.4 Å². The molecule has 0 aromatic carbocycles. The van der Waals surface area contributed by atoms with Crippen molar-refractivity contribution in [2.75, 3.05) is 0 Å². The minimum atomic E-state index is -0.455. The normalized spacial score (nSPS) is 12.6. The minimum Gasteiger partial charge on any atom is -0.358 e. The number of unbranched alkanes of at least 4 members (excludes halogenated alkanes) is 1. The van der Waals surface area contributed by atoms with Crippen molar-refractivity contribution in [2.45, 2.75) is 46.1 Å². The maximum Gasteiger partial charge on any atom is 0.389 e. The van der Waals surface area contributed by atoms with Crippen LogP contribution in [0.3, 0.4) is 0 Å². The molecule has 0 aliphatic rings. The molecule has 5 heteroatoms. The van der Waals surface area contributed by atoms with E-state index in [0.717, 1.165) is 13.0 Å². The molecule has 0 bridgehead atoms. The Bertz CT molecular complexity index is 336. The van der Waals surface area contributed by atoms with Gasteiger partial charge in [0.25, 0.3) is 0 Å². The van der Waals surface area contributed by atoms with Crippen LogP contribution in [-0.2, 0) is 6.54 Å². The second-order valence-corrected chi connectivity index (χ2v) is 4.07. The van der Waals surface area contributed by atoms with Gasteiger partial charge in [0.2, 0.25) is 0 Å². The van der Waals surface area contributed by atoms with Gasteiger partial charge in [0.1, 0.15) is 0 Å². The van der Waals surface area contributed by atoms with E-state index in [4.69, 9.17) is 0 Å². The first-order chi connectivity index (χ1) is 7.67. The molecule has 90 valence electrons. The summed E-state index contributed by atoms with van der Waals surface area (Å²) in [4.78, 5) is 10.0. The molecule has 0 aliphatic heterocycles. The molecule has 0 fully saturated rings. The first-order valence-electron chi connectivity index (χ1n) is 5.85. The van der Waals surface area contributed by atoms with Crippen molar-refractivity contribution < 1.29 is 4.92 Å². The second kappa shape index (κ2) is 6.25. The molecule has 0 amide bonds. The molecule has 1 heterocycles. The van der Waals surface area contributed by atoms with E-state index in [0.29, 0.717) is 5.92 Å². The monoisotopic (exact) mass is 225 g/mol. The number of nitro groups is 1. The Morgan fingerprint density at radius 2 is 2.31 bits per heavy atom. The maximum atomic E-state index is 10.5. The van der Waals surface area contributed by atoms with E-state index >= 15 is 0 Å². The number of nitrogens with zero attached hydrogens (tertiary/aromatic N) is 3. The Balaban J connectivity index is 2.52. The first kappa shape index (κ1) is 12.7. The van der Waals surface area contributed by atoms with E-state index in [-0.39, 0.29) is 5.82 Å². The van der Waals surface area contributed by atoms with Crippen molar-refractivity contribution >= 4 is 5.82 Å². The summed E-state index contributed by atoms with van der Waals surface area (Å²) in [5.41, 5.74) is 0. The summed E-state index contributed by atoms with van der Waals surface area (Å²) in [5, 5.41) is 14.4. The molecule has 1 atom stereocenters. The van der Waals surface area contributed by atoms with E-state index in [9.17, 15) is 10.1 Å². The van der Waals surface area contributed by atoms with Gasteiger partial charge in [-0.3, -0.25) is 0 Å². The largest absolute Gasteiger partial charge is 0.389 e. The standard InChI is InChI=1S/C11H19N3O2/c1-3-5-6-10(4-2)9-13-8-7-11(12-13)14(15)16/h7-8,10H,3-6,9H2,1-2H3. The molecule has 0 saturated carbocycles. The smallest absolute Gasteiger partial charge is 0.358 e. The fourth-order valence-corrected chi connectivity index (χ4v) is 1.73. The molecule has 5 nitrogen and oxygen atoms in total. The lowest BCUT2D eigenvalue weighted by Gasteiger charge is -2.11. The molecule has 0 N–H and O–H groups in total. The van der Waals surface area contributed by atoms with Crippen LogP contribution in [0.4, 0.5) is 5.82 Å². The van der Waals surface area contributed by atoms with Crippen LogP contribution in [0, 0.1) is 16.0 Å². The zero-order valence-corrected chi connectivity index (χ0v) is 9.93. The van der Waals surface area contributed by atoms with Crippen LogP contribution in [0.2, 0.25) is 0 Å². The third kappa shape index (κ3) is 3.64. The highest BCUT2D eigenvalue weighted by atomic mass is 16.6. The molecule has 0 spiro atoms. The summed E-state index contributed by atoms with van der Waals surface area (Å²) in [6, 6.07) is 1.45. The Morgan fingerprint density at radius 1 is 1.56 bits per heavy atom. The molecule has 1 unspecified atom stereocenters. The van der Waals surface area contributed by atoms with Gasteiger partial charge in [-0.25, -0.2) is 0 Å². The van der Waals surface area contributed by atoms with E-state index in [1.807, 2.05) is 0 Å². The summed E-state index contributed by atoms with van der Waals surface area (Å²) >= 11 is 0.